The van der Waals surface area contributed by atoms with Crippen molar-refractivity contribution >= 4 is 21.6 Å². The van der Waals surface area contributed by atoms with Crippen molar-refractivity contribution in [1.82, 2.24) is 0 Å². The minimum absolute atomic E-state index is 0.102. The molecule has 0 saturated heterocycles. The number of unbranched alkanes of at least 4 members (excludes halogenated alkanes) is 3. The molecule has 0 aromatic carbocycles. The van der Waals surface area contributed by atoms with E-state index in [2.05, 4.69) is 11.7 Å². The van der Waals surface area contributed by atoms with E-state index in [1.165, 1.54) is 6.08 Å². The Kier molecular flexibility index (Phi) is 6.27. The number of carbonyl (C=O) groups is 1. The first-order chi connectivity index (χ1) is 11.0. The SMILES string of the molecule is CCCCCCOS(=O)(=O)C1=CC(=[N+]=[N-])C(=O)C2CCCCC12. The molecular weight excluding hydrogens is 316 g/mol. The van der Waals surface area contributed by atoms with Gasteiger partial charge in [-0.1, -0.05) is 39.0 Å². The summed E-state index contributed by atoms with van der Waals surface area (Å²) in [5, 5.41) is 0. The molecule has 2 aliphatic rings. The van der Waals surface area contributed by atoms with Gasteiger partial charge in [-0.25, -0.2) is 0 Å². The van der Waals surface area contributed by atoms with Crippen LogP contribution in [0.4, 0.5) is 0 Å². The zero-order valence-electron chi connectivity index (χ0n) is 13.5. The second kappa shape index (κ2) is 7.99. The Bertz CT molecular complexity index is 632. The van der Waals surface area contributed by atoms with Gasteiger partial charge in [-0.2, -0.15) is 13.2 Å². The average molecular weight is 340 g/mol. The van der Waals surface area contributed by atoms with Crippen molar-refractivity contribution in [2.45, 2.75) is 58.3 Å². The third-order valence-corrected chi connectivity index (χ3v) is 6.11. The Morgan fingerprint density at radius 3 is 2.57 bits per heavy atom. The van der Waals surface area contributed by atoms with Gasteiger partial charge in [-0.3, -0.25) is 8.98 Å². The quantitative estimate of drug-likeness (QED) is 0.308. The van der Waals surface area contributed by atoms with Gasteiger partial charge in [0, 0.05) is 17.9 Å². The molecule has 128 valence electrons. The van der Waals surface area contributed by atoms with E-state index >= 15 is 0 Å². The molecular formula is C16H24N2O4S. The number of nitrogens with zero attached hydrogens (tertiary/aromatic N) is 2. The molecule has 2 atom stereocenters. The normalized spacial score (nSPS) is 24.8. The van der Waals surface area contributed by atoms with Crippen LogP contribution in [0.1, 0.15) is 58.3 Å². The first kappa shape index (κ1) is 18.0. The predicted molar refractivity (Wildman–Crippen MR) is 86.2 cm³/mol. The number of allylic oxidation sites excluding steroid dienone is 2. The summed E-state index contributed by atoms with van der Waals surface area (Å²) < 4.78 is 30.2. The van der Waals surface area contributed by atoms with Crippen LogP contribution in [0.15, 0.2) is 11.0 Å². The maximum Gasteiger partial charge on any atom is 0.359 e. The van der Waals surface area contributed by atoms with Crippen molar-refractivity contribution in [3.05, 3.63) is 16.5 Å². The molecule has 6 nitrogen and oxygen atoms in total. The van der Waals surface area contributed by atoms with Crippen LogP contribution in [0.25, 0.3) is 5.53 Å². The summed E-state index contributed by atoms with van der Waals surface area (Å²) in [6, 6.07) is 0. The van der Waals surface area contributed by atoms with Gasteiger partial charge in [0.1, 0.15) is 0 Å². The van der Waals surface area contributed by atoms with Crippen LogP contribution in [-0.4, -0.2) is 31.3 Å². The van der Waals surface area contributed by atoms with Crippen LogP contribution >= 0.6 is 0 Å². The fraction of sp³-hybridized carbons (Fsp3) is 0.750. The lowest BCUT2D eigenvalue weighted by molar-refractivity contribution is -0.123. The smallest absolute Gasteiger partial charge is 0.359 e. The van der Waals surface area contributed by atoms with Crippen molar-refractivity contribution in [2.75, 3.05) is 6.61 Å². The fourth-order valence-corrected chi connectivity index (χ4v) is 4.77. The lowest BCUT2D eigenvalue weighted by Crippen LogP contribution is -2.39. The third-order valence-electron chi connectivity index (χ3n) is 4.63. The van der Waals surface area contributed by atoms with Gasteiger partial charge in [-0.05, 0) is 19.3 Å². The van der Waals surface area contributed by atoms with Gasteiger partial charge in [0.05, 0.1) is 11.5 Å². The summed E-state index contributed by atoms with van der Waals surface area (Å²) >= 11 is 0. The Hall–Kier alpha value is -1.30. The van der Waals surface area contributed by atoms with Crippen molar-refractivity contribution < 1.29 is 22.2 Å². The number of rotatable bonds is 7. The van der Waals surface area contributed by atoms with Gasteiger partial charge in [0.25, 0.3) is 10.1 Å². The largest absolute Gasteiger partial charge is 0.361 e. The molecule has 0 heterocycles. The van der Waals surface area contributed by atoms with E-state index in [9.17, 15) is 13.2 Å². The summed E-state index contributed by atoms with van der Waals surface area (Å²) in [5.41, 5.74) is 8.82. The van der Waals surface area contributed by atoms with Crippen LogP contribution in [0.3, 0.4) is 0 Å². The fourth-order valence-electron chi connectivity index (χ4n) is 3.39. The molecule has 1 fully saturated rings. The van der Waals surface area contributed by atoms with Crippen molar-refractivity contribution in [1.29, 1.82) is 0 Å². The number of fused-ring (bicyclic) bond motifs is 1. The first-order valence-electron chi connectivity index (χ1n) is 8.38. The summed E-state index contributed by atoms with van der Waals surface area (Å²) in [7, 11) is -3.89. The number of hydrogen-bond acceptors (Lipinski definition) is 4. The van der Waals surface area contributed by atoms with Crippen LogP contribution in [-0.2, 0) is 19.1 Å². The van der Waals surface area contributed by atoms with E-state index in [0.29, 0.717) is 19.3 Å². The molecule has 0 radical (unpaired) electrons. The van der Waals surface area contributed by atoms with Crippen LogP contribution in [0.5, 0.6) is 0 Å². The highest BCUT2D eigenvalue weighted by molar-refractivity contribution is 7.90. The predicted octanol–water partition coefficient (Wildman–Crippen LogP) is 2.86. The number of Topliss-reactive ketones (excluding diaryl/α,β-unsaturated/α-hetero) is 1. The molecule has 2 unspecified atom stereocenters. The Morgan fingerprint density at radius 2 is 1.91 bits per heavy atom. The van der Waals surface area contributed by atoms with E-state index in [-0.39, 0.29) is 28.9 Å². The molecule has 1 saturated carbocycles. The van der Waals surface area contributed by atoms with E-state index < -0.39 is 16.0 Å². The van der Waals surface area contributed by atoms with E-state index in [1.54, 1.807) is 0 Å². The zero-order valence-corrected chi connectivity index (χ0v) is 14.3. The van der Waals surface area contributed by atoms with Crippen LogP contribution in [0, 0.1) is 11.8 Å². The molecule has 0 spiro atoms. The first-order valence-corrected chi connectivity index (χ1v) is 9.79. The van der Waals surface area contributed by atoms with Gasteiger partial charge in [0.2, 0.25) is 5.78 Å². The van der Waals surface area contributed by atoms with Crippen molar-refractivity contribution in [3.8, 4) is 0 Å². The zero-order chi connectivity index (χ0) is 16.9. The summed E-state index contributed by atoms with van der Waals surface area (Å²) in [4.78, 5) is 15.3. The van der Waals surface area contributed by atoms with E-state index in [4.69, 9.17) is 9.71 Å². The summed E-state index contributed by atoms with van der Waals surface area (Å²) in [5.74, 6) is -1.02. The van der Waals surface area contributed by atoms with Gasteiger partial charge in [-0.15, -0.1) is 0 Å². The molecule has 0 aromatic heterocycles. The summed E-state index contributed by atoms with van der Waals surface area (Å²) in [6.45, 7) is 2.23. The minimum Gasteiger partial charge on any atom is -0.361 e. The highest BCUT2D eigenvalue weighted by Gasteiger charge is 2.46. The molecule has 23 heavy (non-hydrogen) atoms. The minimum atomic E-state index is -3.89. The lowest BCUT2D eigenvalue weighted by Gasteiger charge is -2.32. The molecule has 0 amide bonds. The van der Waals surface area contributed by atoms with Crippen LogP contribution in [0.2, 0.25) is 0 Å². The third kappa shape index (κ3) is 4.16. The molecule has 7 heteroatoms. The second-order valence-electron chi connectivity index (χ2n) is 6.23. The molecule has 0 aliphatic heterocycles. The number of hydrogen-bond donors (Lipinski definition) is 0. The lowest BCUT2D eigenvalue weighted by atomic mass is 9.73. The Morgan fingerprint density at radius 1 is 1.22 bits per heavy atom. The maximum absolute atomic E-state index is 12.5. The van der Waals surface area contributed by atoms with Gasteiger partial charge >= 0.3 is 5.71 Å². The molecule has 0 N–H and O–H groups in total. The Balaban J connectivity index is 2.17. The molecule has 0 bridgehead atoms. The molecule has 0 aromatic rings. The van der Waals surface area contributed by atoms with Crippen LogP contribution < -0.4 is 0 Å². The molecule has 2 aliphatic carbocycles. The highest BCUT2D eigenvalue weighted by Crippen LogP contribution is 2.41. The number of ketones is 1. The number of carbonyl (C=O) groups excluding carboxylic acids is 1. The Labute approximate surface area is 137 Å². The monoisotopic (exact) mass is 340 g/mol. The van der Waals surface area contributed by atoms with Gasteiger partial charge < -0.3 is 5.53 Å². The maximum atomic E-state index is 12.5. The standard InChI is InChI=1S/C16H24N2O4S/c1-2-3-4-7-10-22-23(20,21)15-11-14(18-17)16(19)13-9-6-5-8-12(13)15/h11-13H,2-10H2,1H3. The highest BCUT2D eigenvalue weighted by atomic mass is 32.2. The van der Waals surface area contributed by atoms with Crippen molar-refractivity contribution in [3.63, 3.8) is 0 Å². The average Bonchev–Trinajstić information content (AvgIpc) is 2.55. The van der Waals surface area contributed by atoms with Crippen molar-refractivity contribution in [2.24, 2.45) is 11.8 Å². The van der Waals surface area contributed by atoms with Gasteiger partial charge in [0.15, 0.2) is 0 Å². The summed E-state index contributed by atoms with van der Waals surface area (Å²) in [6.07, 6.45) is 7.99. The van der Waals surface area contributed by atoms with E-state index in [1.807, 2.05) is 0 Å². The topological polar surface area (TPSA) is 96.8 Å². The van der Waals surface area contributed by atoms with E-state index in [0.717, 1.165) is 32.1 Å². The second-order valence-corrected chi connectivity index (χ2v) is 7.85. The molecule has 2 rings (SSSR count).